The zero-order valence-electron chi connectivity index (χ0n) is 17.4. The van der Waals surface area contributed by atoms with Gasteiger partial charge in [-0.25, -0.2) is 9.67 Å². The average molecular weight is 395 g/mol. The lowest BCUT2D eigenvalue weighted by atomic mass is 10.1. The lowest BCUT2D eigenvalue weighted by molar-refractivity contribution is -0.121. The van der Waals surface area contributed by atoms with E-state index in [1.807, 2.05) is 36.0 Å². The van der Waals surface area contributed by atoms with Gasteiger partial charge in [-0.15, -0.1) is 0 Å². The van der Waals surface area contributed by atoms with Gasteiger partial charge >= 0.3 is 0 Å². The summed E-state index contributed by atoms with van der Waals surface area (Å²) >= 11 is 0. The maximum Gasteiger partial charge on any atom is 0.241 e. The van der Waals surface area contributed by atoms with E-state index in [4.69, 9.17) is 5.10 Å². The number of amides is 1. The fourth-order valence-corrected chi connectivity index (χ4v) is 4.16. The van der Waals surface area contributed by atoms with Gasteiger partial charge in [0.2, 0.25) is 5.91 Å². The van der Waals surface area contributed by atoms with Crippen molar-refractivity contribution in [1.82, 2.24) is 29.5 Å². The first-order valence-corrected chi connectivity index (χ1v) is 10.6. The van der Waals surface area contributed by atoms with E-state index >= 15 is 0 Å². The summed E-state index contributed by atoms with van der Waals surface area (Å²) in [6.07, 6.45) is 8.86. The summed E-state index contributed by atoms with van der Waals surface area (Å²) in [6.45, 7) is 8.36. The van der Waals surface area contributed by atoms with Gasteiger partial charge in [-0.05, 0) is 76.5 Å². The number of likely N-dealkylation sites (tertiary alicyclic amines) is 1. The minimum atomic E-state index is -0.0203. The minimum absolute atomic E-state index is 0.0203. The molecular weight excluding hydrogens is 364 g/mol. The highest BCUT2D eigenvalue weighted by molar-refractivity contribution is 5.88. The Morgan fingerprint density at radius 1 is 1.14 bits per heavy atom. The van der Waals surface area contributed by atoms with Crippen molar-refractivity contribution in [1.29, 1.82) is 0 Å². The monoisotopic (exact) mass is 394 g/mol. The van der Waals surface area contributed by atoms with E-state index in [0.717, 1.165) is 41.1 Å². The number of aryl methyl sites for hydroxylation is 2. The second kappa shape index (κ2) is 8.78. The maximum atomic E-state index is 12.6. The Bertz CT molecular complexity index is 969. The fraction of sp³-hybridized carbons (Fsp3) is 0.500. The third-order valence-corrected chi connectivity index (χ3v) is 5.57. The molecule has 3 aromatic heterocycles. The molecule has 0 unspecified atom stereocenters. The Morgan fingerprint density at radius 2 is 1.90 bits per heavy atom. The molecule has 0 saturated carbocycles. The predicted molar refractivity (Wildman–Crippen MR) is 114 cm³/mol. The lowest BCUT2D eigenvalue weighted by Gasteiger charge is -2.26. The van der Waals surface area contributed by atoms with Crippen LogP contribution in [0.15, 0.2) is 30.6 Å². The van der Waals surface area contributed by atoms with E-state index in [1.165, 1.54) is 32.4 Å². The van der Waals surface area contributed by atoms with E-state index in [2.05, 4.69) is 28.2 Å². The van der Waals surface area contributed by atoms with Crippen molar-refractivity contribution in [2.24, 2.45) is 0 Å². The molecule has 1 N–H and O–H groups in total. The normalized spacial score (nSPS) is 15.1. The van der Waals surface area contributed by atoms with Gasteiger partial charge in [-0.3, -0.25) is 4.79 Å². The molecule has 0 radical (unpaired) electrons. The highest BCUT2D eigenvalue weighted by Gasteiger charge is 2.18. The molecule has 0 bridgehead atoms. The summed E-state index contributed by atoms with van der Waals surface area (Å²) in [6, 6.07) is 6.00. The Kier molecular flexibility index (Phi) is 5.94. The van der Waals surface area contributed by atoms with Gasteiger partial charge in [0.15, 0.2) is 11.5 Å². The number of fused-ring (bicyclic) bond motifs is 1. The van der Waals surface area contributed by atoms with Crippen LogP contribution >= 0.6 is 0 Å². The zero-order valence-corrected chi connectivity index (χ0v) is 17.4. The minimum Gasteiger partial charge on any atom is -0.354 e. The third kappa shape index (κ3) is 4.50. The number of carbonyl (C=O) groups excluding carboxylic acids is 1. The van der Waals surface area contributed by atoms with Crippen LogP contribution < -0.4 is 5.32 Å². The first-order chi connectivity index (χ1) is 14.1. The number of rotatable bonds is 7. The molecule has 1 saturated heterocycles. The number of hydrogen-bond donors (Lipinski definition) is 1. The van der Waals surface area contributed by atoms with Crippen molar-refractivity contribution < 1.29 is 4.79 Å². The second-order valence-corrected chi connectivity index (χ2v) is 7.96. The number of aromatic nitrogens is 4. The molecule has 3 aromatic rings. The Morgan fingerprint density at radius 3 is 2.66 bits per heavy atom. The van der Waals surface area contributed by atoms with Crippen molar-refractivity contribution in [3.05, 3.63) is 41.9 Å². The van der Waals surface area contributed by atoms with Gasteiger partial charge in [-0.2, -0.15) is 5.10 Å². The third-order valence-electron chi connectivity index (χ3n) is 5.57. The van der Waals surface area contributed by atoms with Gasteiger partial charge in [0.1, 0.15) is 6.54 Å². The summed E-state index contributed by atoms with van der Waals surface area (Å²) in [7, 11) is 0. The molecular formula is C22H30N6O. The molecule has 4 rings (SSSR count). The molecule has 0 aromatic carbocycles. The SMILES string of the molecule is Cc1cc(C)c2c(-n3cccc3)nn(CC(=O)NCCCN3CCCCC3)c2n1. The first kappa shape index (κ1) is 19.6. The molecule has 29 heavy (non-hydrogen) atoms. The molecule has 7 heteroatoms. The van der Waals surface area contributed by atoms with Crippen molar-refractivity contribution >= 4 is 16.9 Å². The van der Waals surface area contributed by atoms with Crippen molar-refractivity contribution in [3.63, 3.8) is 0 Å². The highest BCUT2D eigenvalue weighted by atomic mass is 16.2. The predicted octanol–water partition coefficient (Wildman–Crippen LogP) is 2.83. The van der Waals surface area contributed by atoms with E-state index in [-0.39, 0.29) is 12.5 Å². The molecule has 0 atom stereocenters. The topological polar surface area (TPSA) is 68.0 Å². The number of hydrogen-bond acceptors (Lipinski definition) is 4. The van der Waals surface area contributed by atoms with E-state index in [1.54, 1.807) is 4.68 Å². The van der Waals surface area contributed by atoms with Crippen LogP contribution in [0, 0.1) is 13.8 Å². The van der Waals surface area contributed by atoms with Crippen LogP contribution in [0.1, 0.15) is 36.9 Å². The second-order valence-electron chi connectivity index (χ2n) is 7.96. The highest BCUT2D eigenvalue weighted by Crippen LogP contribution is 2.25. The van der Waals surface area contributed by atoms with Crippen LogP contribution in [0.5, 0.6) is 0 Å². The summed E-state index contributed by atoms with van der Waals surface area (Å²) < 4.78 is 3.70. The molecule has 1 aliphatic heterocycles. The number of piperidine rings is 1. The van der Waals surface area contributed by atoms with Gasteiger partial charge < -0.3 is 14.8 Å². The molecule has 7 nitrogen and oxygen atoms in total. The zero-order chi connectivity index (χ0) is 20.2. The van der Waals surface area contributed by atoms with Crippen molar-refractivity contribution in [3.8, 4) is 5.82 Å². The van der Waals surface area contributed by atoms with Crippen molar-refractivity contribution in [2.75, 3.05) is 26.2 Å². The number of carbonyl (C=O) groups is 1. The van der Waals surface area contributed by atoms with Crippen LogP contribution in [0.3, 0.4) is 0 Å². The van der Waals surface area contributed by atoms with Crippen molar-refractivity contribution in [2.45, 2.75) is 46.1 Å². The van der Waals surface area contributed by atoms with Crippen LogP contribution in [-0.4, -0.2) is 56.3 Å². The Balaban J connectivity index is 1.44. The van der Waals surface area contributed by atoms with Gasteiger partial charge in [0, 0.05) is 24.6 Å². The lowest BCUT2D eigenvalue weighted by Crippen LogP contribution is -2.34. The van der Waals surface area contributed by atoms with Gasteiger partial charge in [0.05, 0.1) is 5.39 Å². The van der Waals surface area contributed by atoms with E-state index in [0.29, 0.717) is 6.54 Å². The molecule has 4 heterocycles. The molecule has 1 fully saturated rings. The van der Waals surface area contributed by atoms with Crippen LogP contribution in [-0.2, 0) is 11.3 Å². The average Bonchev–Trinajstić information content (AvgIpc) is 3.35. The Hall–Kier alpha value is -2.67. The van der Waals surface area contributed by atoms with Crippen LogP contribution in [0.2, 0.25) is 0 Å². The molecule has 1 aliphatic rings. The van der Waals surface area contributed by atoms with E-state index in [9.17, 15) is 4.79 Å². The number of pyridine rings is 1. The van der Waals surface area contributed by atoms with Crippen LogP contribution in [0.4, 0.5) is 0 Å². The number of nitrogens with one attached hydrogen (secondary N) is 1. The molecule has 0 spiro atoms. The van der Waals surface area contributed by atoms with E-state index < -0.39 is 0 Å². The molecule has 154 valence electrons. The summed E-state index contributed by atoms with van der Waals surface area (Å²) in [5.41, 5.74) is 2.80. The van der Waals surface area contributed by atoms with Gasteiger partial charge in [0.25, 0.3) is 0 Å². The molecule has 1 amide bonds. The Labute approximate surface area is 171 Å². The van der Waals surface area contributed by atoms with Crippen LogP contribution in [0.25, 0.3) is 16.9 Å². The summed E-state index contributed by atoms with van der Waals surface area (Å²) in [5.74, 6) is 0.793. The summed E-state index contributed by atoms with van der Waals surface area (Å²) in [4.78, 5) is 19.7. The smallest absolute Gasteiger partial charge is 0.241 e. The largest absolute Gasteiger partial charge is 0.354 e. The first-order valence-electron chi connectivity index (χ1n) is 10.6. The quantitative estimate of drug-likeness (QED) is 0.626. The summed E-state index contributed by atoms with van der Waals surface area (Å²) in [5, 5.41) is 8.76. The fourth-order valence-electron chi connectivity index (χ4n) is 4.16. The maximum absolute atomic E-state index is 12.6. The standard InChI is InChI=1S/C22H30N6O/c1-17-15-18(2)24-21-20(17)22(27-13-6-7-14-27)25-28(21)16-19(29)23-9-8-12-26-10-4-3-5-11-26/h6-7,13-15H,3-5,8-12,16H2,1-2H3,(H,23,29). The molecule has 0 aliphatic carbocycles. The number of nitrogens with zero attached hydrogens (tertiary/aromatic N) is 5. The van der Waals surface area contributed by atoms with Gasteiger partial charge in [-0.1, -0.05) is 6.42 Å².